The Morgan fingerprint density at radius 2 is 1.70 bits per heavy atom. The fourth-order valence-corrected chi connectivity index (χ4v) is 6.73. The molecule has 0 aromatic heterocycles. The van der Waals surface area contributed by atoms with Gasteiger partial charge in [-0.2, -0.15) is 0 Å². The molecule has 4 heterocycles. The predicted molar refractivity (Wildman–Crippen MR) is 149 cm³/mol. The fourth-order valence-electron chi connectivity index (χ4n) is 6.31. The van der Waals surface area contributed by atoms with E-state index in [0.29, 0.717) is 0 Å². The van der Waals surface area contributed by atoms with Crippen LogP contribution in [0.15, 0.2) is 24.3 Å². The average molecular weight is 678 g/mol. The van der Waals surface area contributed by atoms with Gasteiger partial charge in [0, 0.05) is 13.2 Å². The highest BCUT2D eigenvalue weighted by molar-refractivity contribution is 7.46. The molecule has 0 unspecified atom stereocenters. The van der Waals surface area contributed by atoms with E-state index in [1.807, 2.05) is 0 Å². The highest BCUT2D eigenvalue weighted by atomic mass is 31.2. The molecular formula is C29H33O16P. The molecule has 250 valence electrons. The third-order valence-corrected chi connectivity index (χ3v) is 8.65. The molecule has 4 N–H and O–H groups in total. The molecule has 0 spiro atoms. The summed E-state index contributed by atoms with van der Waals surface area (Å²) in [6.45, 7) is -1.87. The molecule has 17 heteroatoms. The highest BCUT2D eigenvalue weighted by Gasteiger charge is 2.56. The third-order valence-electron chi connectivity index (χ3n) is 8.23. The number of aliphatic hydroxyl groups is 2. The second-order valence-electron chi connectivity index (χ2n) is 10.9. The van der Waals surface area contributed by atoms with E-state index in [4.69, 9.17) is 53.6 Å². The predicted octanol–water partition coefficient (Wildman–Crippen LogP) is 1.10. The van der Waals surface area contributed by atoms with E-state index in [0.717, 1.165) is 12.1 Å². The molecule has 0 radical (unpaired) electrons. The van der Waals surface area contributed by atoms with Crippen LogP contribution in [0.5, 0.6) is 28.7 Å². The molecule has 1 aliphatic carbocycles. The second-order valence-corrected chi connectivity index (χ2v) is 12.1. The molecule has 0 bridgehead atoms. The van der Waals surface area contributed by atoms with Crippen molar-refractivity contribution in [3.05, 3.63) is 41.0 Å². The summed E-state index contributed by atoms with van der Waals surface area (Å²) in [5.74, 6) is -9.23. The van der Waals surface area contributed by atoms with Gasteiger partial charge in [0.05, 0.1) is 50.2 Å². The third kappa shape index (κ3) is 5.37. The lowest BCUT2D eigenvalue weighted by atomic mass is 9.66. The maximum absolute atomic E-state index is 13.8. The normalized spacial score (nSPS) is 40.8. The number of methoxy groups -OCH3 is 2. The summed E-state index contributed by atoms with van der Waals surface area (Å²) in [5, 5.41) is 22.2. The van der Waals surface area contributed by atoms with Crippen molar-refractivity contribution >= 4 is 13.8 Å². The van der Waals surface area contributed by atoms with E-state index in [-0.39, 0.29) is 29.4 Å². The summed E-state index contributed by atoms with van der Waals surface area (Å²) >= 11 is 0. The molecule has 3 saturated heterocycles. The van der Waals surface area contributed by atoms with E-state index in [1.165, 1.54) is 19.1 Å². The van der Waals surface area contributed by atoms with Crippen LogP contribution < -0.4 is 23.5 Å². The highest BCUT2D eigenvalue weighted by Crippen LogP contribution is 2.57. The minimum atomic E-state index is -5.57. The van der Waals surface area contributed by atoms with Gasteiger partial charge in [-0.05, 0) is 47.9 Å². The number of ether oxygens (including phenoxy) is 9. The van der Waals surface area contributed by atoms with Crippen LogP contribution in [-0.4, -0.2) is 97.0 Å². The van der Waals surface area contributed by atoms with Gasteiger partial charge in [-0.3, -0.25) is 14.6 Å². The monoisotopic (exact) mass is 677 g/mol. The van der Waals surface area contributed by atoms with Crippen LogP contribution in [0.25, 0.3) is 0 Å². The van der Waals surface area contributed by atoms with Crippen LogP contribution in [0, 0.1) is 11.8 Å². The van der Waals surface area contributed by atoms with Crippen LogP contribution in [0.3, 0.4) is 0 Å². The molecule has 0 saturated carbocycles. The van der Waals surface area contributed by atoms with E-state index in [2.05, 4.69) is 4.52 Å². The average Bonchev–Trinajstić information content (AvgIpc) is 3.66. The number of cyclic esters (lactones) is 1. The Hall–Kier alpha value is -3.18. The molecule has 46 heavy (non-hydrogen) atoms. The molecule has 3 fully saturated rings. The van der Waals surface area contributed by atoms with Crippen molar-refractivity contribution in [2.24, 2.45) is 11.8 Å². The lowest BCUT2D eigenvalue weighted by Crippen LogP contribution is -2.63. The van der Waals surface area contributed by atoms with E-state index in [9.17, 15) is 30.7 Å². The minimum absolute atomic E-state index is 0.0596. The first-order valence-corrected chi connectivity index (χ1v) is 15.3. The Morgan fingerprint density at radius 3 is 2.37 bits per heavy atom. The van der Waals surface area contributed by atoms with Gasteiger partial charge in [0.1, 0.15) is 24.4 Å². The van der Waals surface area contributed by atoms with Gasteiger partial charge >= 0.3 is 13.8 Å². The number of fused-ring (bicyclic) bond motifs is 4. The van der Waals surface area contributed by atoms with Crippen LogP contribution in [0.2, 0.25) is 0 Å². The zero-order chi connectivity index (χ0) is 40.2. The topological polar surface area (TPSA) is 207 Å². The Morgan fingerprint density at radius 1 is 1.00 bits per heavy atom. The molecule has 5 aliphatic rings. The number of phosphoric acid groups is 1. The standard InChI is InChI=1S/C29H33O16P/c1-11-38-9-20-27(42-11)23(30)24(31)29(43-20)44-25-14-7-17-16(40-10-41-17)6-13(14)21(22-15(25)8-39-28(22)32)12-4-18(36-2)26(19(5-12)37-3)45-46(33,34)35/h4-7,11,15,20-25,27,29-31H,8-10H2,1-3H3,(H2,33,34,35)/t11-,15+,20-,21-,22+,23-,24-,25-,27-,29+/m1/s1/i2D3,3D3,9D2,21D. The van der Waals surface area contributed by atoms with Gasteiger partial charge in [-0.1, -0.05) is 0 Å². The van der Waals surface area contributed by atoms with Crippen molar-refractivity contribution in [2.45, 2.75) is 55.9 Å². The summed E-state index contributed by atoms with van der Waals surface area (Å²) in [7, 11) is -12.3. The molecule has 0 amide bonds. The first-order valence-electron chi connectivity index (χ1n) is 18.3. The molecule has 2 aromatic carbocycles. The van der Waals surface area contributed by atoms with Crippen molar-refractivity contribution in [1.82, 2.24) is 0 Å². The number of hydrogen-bond donors (Lipinski definition) is 4. The van der Waals surface area contributed by atoms with E-state index >= 15 is 0 Å². The summed E-state index contributed by atoms with van der Waals surface area (Å²) < 4.78 is 139. The SMILES string of the molecule is [2H]C([2H])([2H])Oc1cc([C@]2([2H])c3cc4c(cc3[C@@H](O[C@@H]3O[C@H]5[C@@H](O[C@H](C)OC5([2H])[2H])[C@H](O)[C@H]3O)[C@H]3COC(=O)[C@@H]32)OCO4)cc(OC([2H])([2H])[2H])c1OP(=O)(O)O. The lowest BCUT2D eigenvalue weighted by Gasteiger charge is -2.47. The smallest absolute Gasteiger partial charge is 0.493 e. The Balaban J connectivity index is 1.40. The molecular weight excluding hydrogens is 635 g/mol. The Bertz CT molecular complexity index is 1870. The van der Waals surface area contributed by atoms with Crippen molar-refractivity contribution in [2.75, 3.05) is 34.0 Å². The van der Waals surface area contributed by atoms with Gasteiger partial charge in [0.2, 0.25) is 12.5 Å². The van der Waals surface area contributed by atoms with Gasteiger partial charge in [0.25, 0.3) is 0 Å². The summed E-state index contributed by atoms with van der Waals surface area (Å²) in [6.07, 6.45) is -10.9. The number of esters is 1. The summed E-state index contributed by atoms with van der Waals surface area (Å²) in [5.41, 5.74) is -0.476. The number of phosphoric ester groups is 1. The van der Waals surface area contributed by atoms with Gasteiger partial charge in [-0.25, -0.2) is 4.57 Å². The maximum atomic E-state index is 13.8. The first-order chi connectivity index (χ1) is 25.4. The quantitative estimate of drug-likeness (QED) is 0.239. The van der Waals surface area contributed by atoms with Crippen LogP contribution in [0.4, 0.5) is 0 Å². The molecule has 2 aromatic rings. The Kier molecular flexibility index (Phi) is 5.75. The van der Waals surface area contributed by atoms with Gasteiger partial charge in [-0.15, -0.1) is 0 Å². The number of hydrogen-bond acceptors (Lipinski definition) is 14. The minimum Gasteiger partial charge on any atom is -0.493 e. The number of aliphatic hydroxyl groups excluding tert-OH is 2. The van der Waals surface area contributed by atoms with Crippen molar-refractivity contribution in [3.63, 3.8) is 0 Å². The van der Waals surface area contributed by atoms with Crippen molar-refractivity contribution < 1.29 is 88.9 Å². The summed E-state index contributed by atoms with van der Waals surface area (Å²) in [6, 6.07) is 4.30. The van der Waals surface area contributed by atoms with Crippen LogP contribution in [0.1, 0.15) is 47.9 Å². The molecule has 16 nitrogen and oxygen atoms in total. The first kappa shape index (κ1) is 22.4. The molecule has 4 aliphatic heterocycles. The summed E-state index contributed by atoms with van der Waals surface area (Å²) in [4.78, 5) is 33.0. The van der Waals surface area contributed by atoms with Gasteiger partial charge in [0.15, 0.2) is 35.6 Å². The zero-order valence-electron chi connectivity index (χ0n) is 32.6. The van der Waals surface area contributed by atoms with Gasteiger partial charge < -0.3 is 57.4 Å². The number of carbonyl (C=O) groups excluding carboxylic acids is 1. The zero-order valence-corrected chi connectivity index (χ0v) is 24.4. The van der Waals surface area contributed by atoms with E-state index < -0.39 is 125 Å². The van der Waals surface area contributed by atoms with Crippen molar-refractivity contribution in [1.29, 1.82) is 0 Å². The largest absolute Gasteiger partial charge is 0.525 e. The number of carbonyl (C=O) groups is 1. The maximum Gasteiger partial charge on any atom is 0.525 e. The fraction of sp³-hybridized carbons (Fsp3) is 0.552. The second kappa shape index (κ2) is 11.8. The van der Waals surface area contributed by atoms with E-state index in [1.54, 1.807) is 0 Å². The Labute approximate surface area is 274 Å². The molecule has 10 atom stereocenters. The molecule has 7 rings (SSSR count). The van der Waals surface area contributed by atoms with Crippen LogP contribution >= 0.6 is 7.82 Å². The lowest BCUT2D eigenvalue weighted by molar-refractivity contribution is -0.364. The van der Waals surface area contributed by atoms with Crippen LogP contribution in [-0.2, 0) is 33.0 Å². The van der Waals surface area contributed by atoms with Crippen molar-refractivity contribution in [3.8, 4) is 28.7 Å². The number of rotatable bonds is 7. The number of benzene rings is 2.